The molecule has 18 heteroatoms. The summed E-state index contributed by atoms with van der Waals surface area (Å²) in [6, 6.07) is 13.6. The summed E-state index contributed by atoms with van der Waals surface area (Å²) in [5.74, 6) is 2.46. The Morgan fingerprint density at radius 1 is 0.877 bits per heavy atom. The van der Waals surface area contributed by atoms with Crippen molar-refractivity contribution in [1.29, 1.82) is 0 Å². The highest BCUT2D eigenvalue weighted by Gasteiger charge is 2.32. The SMILES string of the molecule is C.CC(C)C(O)N1CCN(c2ccc3c(c2)CCC(=O)N3C)CC1.CC(C)CC1CN(C)C(=O)N1C.CSC1=Nc2ccc(N3CCN(C(=O)C(C)C)CC3)cc2CC1.[2H]ON(C)C(=NC)c1nc(C(C)C)cs1. The molecule has 1 aromatic heterocycles. The highest BCUT2D eigenvalue weighted by atomic mass is 32.2. The van der Waals surface area contributed by atoms with Gasteiger partial charge in [-0.1, -0.05) is 62.8 Å². The Hall–Kier alpha value is -4.75. The van der Waals surface area contributed by atoms with E-state index >= 15 is 0 Å². The van der Waals surface area contributed by atoms with E-state index in [9.17, 15) is 19.5 Å². The van der Waals surface area contributed by atoms with Crippen molar-refractivity contribution in [3.63, 3.8) is 0 Å². The van der Waals surface area contributed by atoms with Gasteiger partial charge in [0.15, 0.2) is 10.8 Å². The second-order valence-electron chi connectivity index (χ2n) is 20.8. The van der Waals surface area contributed by atoms with E-state index in [1.165, 1.54) is 43.9 Å². The molecule has 0 radical (unpaired) electrons. The number of hydrogen-bond acceptors (Lipinski definition) is 13. The largest absolute Gasteiger partial charge is 0.378 e. The van der Waals surface area contributed by atoms with Gasteiger partial charge in [0.05, 0.1) is 22.5 Å². The van der Waals surface area contributed by atoms with Crippen LogP contribution in [0.5, 0.6) is 0 Å². The first-order valence-electron chi connectivity index (χ1n) is 26.2. The Balaban J connectivity index is 0.000000220. The number of hydrogen-bond donors (Lipinski definition) is 2. The van der Waals surface area contributed by atoms with Gasteiger partial charge in [-0.2, -0.15) is 0 Å². The lowest BCUT2D eigenvalue weighted by molar-refractivity contribution is -0.134. The molecule has 2 N–H and O–H groups in total. The van der Waals surface area contributed by atoms with Crippen LogP contribution >= 0.6 is 23.1 Å². The Morgan fingerprint density at radius 2 is 1.48 bits per heavy atom. The van der Waals surface area contributed by atoms with E-state index in [1.807, 2.05) is 50.2 Å². The molecule has 8 rings (SSSR count). The number of urea groups is 1. The van der Waals surface area contributed by atoms with Crippen LogP contribution in [-0.4, -0.2) is 181 Å². The number of likely N-dealkylation sites (N-methyl/N-ethyl adjacent to an activating group) is 2. The molecular weight excluding hydrogens is 959 g/mol. The van der Waals surface area contributed by atoms with Crippen LogP contribution in [0.25, 0.3) is 0 Å². The van der Waals surface area contributed by atoms with Crippen LogP contribution in [0.15, 0.2) is 51.8 Å². The third-order valence-corrected chi connectivity index (χ3v) is 15.5. The quantitative estimate of drug-likeness (QED) is 0.114. The average Bonchev–Trinajstić information content (AvgIpc) is 3.97. The fourth-order valence-electron chi connectivity index (χ4n) is 9.46. The Morgan fingerprint density at radius 3 is 2.00 bits per heavy atom. The standard InChI is InChI=1S/C18H27N3O2.C18H25N3OS.C9H15N3OS.C9H18N2O.CH4/c1-13(2)18(23)21-10-8-20(9-11-21)15-5-6-16-14(12-15)4-7-17(22)19(16)3;1-13(2)18(22)21-10-8-20(9-11-21)15-5-6-16-14(12-15)4-7-17(19-16)23-3;1-6(2)7-5-14-9(11-7)8(10-3)12(4)13;1-7(2)5-8-6-10(3)9(12)11(8)4;/h5-6,12-13,18,23H,4,7-11H2,1-3H3;5-6,12-13H,4,7-11H2,1-3H3;5-6,13H,1-4H3;7-8H,5-6H2,1-4H3;1H4/i;;13D;;. The summed E-state index contributed by atoms with van der Waals surface area (Å²) >= 11 is 3.26. The number of amidine groups is 1. The number of hydroxylamine groups is 2. The van der Waals surface area contributed by atoms with Crippen LogP contribution in [0.1, 0.15) is 110 Å². The van der Waals surface area contributed by atoms with Crippen LogP contribution in [0.2, 0.25) is 1.43 Å². The lowest BCUT2D eigenvalue weighted by Crippen LogP contribution is -2.51. The Kier molecular flexibility index (Phi) is 22.9. The molecule has 5 aliphatic heterocycles. The van der Waals surface area contributed by atoms with Gasteiger partial charge in [0, 0.05) is 129 Å². The summed E-state index contributed by atoms with van der Waals surface area (Å²) in [6.07, 6.45) is 6.41. The topological polar surface area (TPSA) is 155 Å². The van der Waals surface area contributed by atoms with Gasteiger partial charge in [-0.3, -0.25) is 24.7 Å². The van der Waals surface area contributed by atoms with Crippen molar-refractivity contribution in [3.05, 3.63) is 63.6 Å². The third-order valence-electron chi connectivity index (χ3n) is 13.9. The monoisotopic (exact) mass is 1050 g/mol. The van der Waals surface area contributed by atoms with Crippen molar-refractivity contribution >= 4 is 74.6 Å². The van der Waals surface area contributed by atoms with E-state index in [0.29, 0.717) is 30.1 Å². The molecule has 0 aliphatic carbocycles. The molecule has 2 unspecified atom stereocenters. The minimum absolute atomic E-state index is 0. The molecule has 3 saturated heterocycles. The van der Waals surface area contributed by atoms with E-state index < -0.39 is 0 Å². The number of thiazole rings is 1. The Labute approximate surface area is 448 Å². The van der Waals surface area contributed by atoms with Crippen LogP contribution in [-0.2, 0) is 22.4 Å². The van der Waals surface area contributed by atoms with E-state index in [0.717, 1.165) is 107 Å². The van der Waals surface area contributed by atoms with E-state index in [-0.39, 0.29) is 43.3 Å². The fraction of sp³-hybridized carbons (Fsp3) is 0.636. The number of carbonyl (C=O) groups is 3. The van der Waals surface area contributed by atoms with Crippen LogP contribution < -0.4 is 14.7 Å². The molecule has 0 saturated carbocycles. The summed E-state index contributed by atoms with van der Waals surface area (Å²) in [4.78, 5) is 62.7. The average molecular weight is 1050 g/mol. The number of amides is 4. The number of carbonyl (C=O) groups excluding carboxylic acids is 3. The zero-order chi connectivity index (χ0) is 53.7. The third kappa shape index (κ3) is 16.4. The molecule has 3 fully saturated rings. The number of rotatable bonds is 10. The van der Waals surface area contributed by atoms with Gasteiger partial charge in [0.2, 0.25) is 13.2 Å². The van der Waals surface area contributed by atoms with Crippen molar-refractivity contribution in [3.8, 4) is 0 Å². The Bertz CT molecular complexity index is 2350. The first-order valence-corrected chi connectivity index (χ1v) is 27.9. The number of aromatic nitrogens is 1. The van der Waals surface area contributed by atoms with Gasteiger partial charge in [0.25, 0.3) is 0 Å². The normalized spacial score (nSPS) is 18.8. The second-order valence-corrected chi connectivity index (χ2v) is 22.5. The fourth-order valence-corrected chi connectivity index (χ4v) is 11.0. The highest BCUT2D eigenvalue weighted by molar-refractivity contribution is 8.13. The number of piperazine rings is 2. The highest BCUT2D eigenvalue weighted by Crippen LogP contribution is 2.33. The number of benzene rings is 2. The summed E-state index contributed by atoms with van der Waals surface area (Å²) in [7, 11) is 8.89. The number of thioether (sulfide) groups is 1. The van der Waals surface area contributed by atoms with Gasteiger partial charge in [-0.05, 0) is 97.2 Å². The summed E-state index contributed by atoms with van der Waals surface area (Å²) in [6.45, 7) is 24.6. The lowest BCUT2D eigenvalue weighted by atomic mass is 10.0. The van der Waals surface area contributed by atoms with Gasteiger partial charge < -0.3 is 34.5 Å². The van der Waals surface area contributed by atoms with E-state index in [1.54, 1.807) is 35.7 Å². The molecule has 0 bridgehead atoms. The molecule has 73 heavy (non-hydrogen) atoms. The first kappa shape index (κ1) is 59.1. The van der Waals surface area contributed by atoms with Crippen molar-refractivity contribution < 1.29 is 26.1 Å². The predicted molar refractivity (Wildman–Crippen MR) is 306 cm³/mol. The minimum Gasteiger partial charge on any atom is -0.378 e. The van der Waals surface area contributed by atoms with Crippen LogP contribution in [0.4, 0.5) is 27.5 Å². The predicted octanol–water partition coefficient (Wildman–Crippen LogP) is 9.02. The van der Waals surface area contributed by atoms with Crippen LogP contribution in [0, 0.1) is 17.8 Å². The number of aliphatic hydroxyl groups is 1. The summed E-state index contributed by atoms with van der Waals surface area (Å²) < 4.78 is 6.80. The van der Waals surface area contributed by atoms with Crippen molar-refractivity contribution in [2.75, 3.05) is 115 Å². The molecule has 6 heterocycles. The second kappa shape index (κ2) is 28.2. The van der Waals surface area contributed by atoms with Crippen molar-refractivity contribution in [1.82, 2.24) is 29.6 Å². The summed E-state index contributed by atoms with van der Waals surface area (Å²) in [5, 5.41) is 19.8. The maximum atomic E-state index is 12.1. The first-order chi connectivity index (χ1) is 34.7. The molecular formula is C55H89N11O5S2. The molecule has 2 atom stereocenters. The maximum Gasteiger partial charge on any atom is 0.319 e. The van der Waals surface area contributed by atoms with E-state index in [4.69, 9.17) is 6.42 Å². The van der Waals surface area contributed by atoms with Gasteiger partial charge in [-0.15, -0.1) is 23.1 Å². The zero-order valence-electron chi connectivity index (χ0n) is 46.7. The maximum absolute atomic E-state index is 12.1. The van der Waals surface area contributed by atoms with Gasteiger partial charge >= 0.3 is 6.03 Å². The smallest absolute Gasteiger partial charge is 0.319 e. The van der Waals surface area contributed by atoms with E-state index in [2.05, 4.69) is 114 Å². The molecule has 406 valence electrons. The minimum atomic E-state index is -0.347. The molecule has 5 aliphatic rings. The zero-order valence-corrected chi connectivity index (χ0v) is 47.4. The number of anilines is 3. The number of aryl methyl sites for hydroxylation is 2. The van der Waals surface area contributed by atoms with Gasteiger partial charge in [0.1, 0.15) is 6.23 Å². The number of nitrogens with zero attached hydrogens (tertiary/aromatic N) is 11. The molecule has 16 nitrogen and oxygen atoms in total. The van der Waals surface area contributed by atoms with Crippen molar-refractivity contribution in [2.45, 2.75) is 113 Å². The number of aliphatic imine (C=N–C) groups is 2. The number of fused-ring (bicyclic) bond motifs is 2. The molecule has 2 aromatic carbocycles. The summed E-state index contributed by atoms with van der Waals surface area (Å²) in [5.41, 5.74) is 8.30. The number of aliphatic hydroxyl groups excluding tert-OH is 1. The van der Waals surface area contributed by atoms with Gasteiger partial charge in [-0.25, -0.2) is 19.8 Å². The van der Waals surface area contributed by atoms with Crippen molar-refractivity contribution in [2.24, 2.45) is 27.7 Å². The lowest BCUT2D eigenvalue weighted by Gasteiger charge is -2.40. The van der Waals surface area contributed by atoms with Crippen LogP contribution in [0.3, 0.4) is 0 Å². The molecule has 3 aromatic rings. The molecule has 4 amide bonds. The molecule has 0 spiro atoms.